The molecule has 1 N–H and O–H groups in total. The van der Waals surface area contributed by atoms with Crippen LogP contribution in [0.1, 0.15) is 25.7 Å². The molecule has 5 nitrogen and oxygen atoms in total. The summed E-state index contributed by atoms with van der Waals surface area (Å²) in [6.07, 6.45) is 3.87. The highest BCUT2D eigenvalue weighted by molar-refractivity contribution is 6.39. The van der Waals surface area contributed by atoms with Gasteiger partial charge in [0.25, 0.3) is 5.69 Å². The smallest absolute Gasteiger partial charge is 0.272 e. The van der Waals surface area contributed by atoms with E-state index in [1.165, 1.54) is 12.1 Å². The van der Waals surface area contributed by atoms with Crippen molar-refractivity contribution < 1.29 is 10.0 Å². The van der Waals surface area contributed by atoms with E-state index in [2.05, 4.69) is 4.90 Å². The third kappa shape index (κ3) is 3.16. The number of hydrogen-bond donors (Lipinski definition) is 1. The lowest BCUT2D eigenvalue weighted by atomic mass is 9.91. The van der Waals surface area contributed by atoms with Gasteiger partial charge in [-0.05, 0) is 25.7 Å². The number of nitro groups is 1. The molecule has 2 rings (SSSR count). The predicted octanol–water partition coefficient (Wildman–Crippen LogP) is 3.64. The predicted molar refractivity (Wildman–Crippen MR) is 79.8 cm³/mol. The Balaban J connectivity index is 2.34. The fourth-order valence-electron chi connectivity index (χ4n) is 2.35. The van der Waals surface area contributed by atoms with Gasteiger partial charge in [-0.2, -0.15) is 0 Å². The van der Waals surface area contributed by atoms with Gasteiger partial charge in [0.15, 0.2) is 0 Å². The zero-order chi connectivity index (χ0) is 14.7. The van der Waals surface area contributed by atoms with Crippen LogP contribution in [0.4, 0.5) is 11.4 Å². The average Bonchev–Trinajstić information content (AvgIpc) is 2.32. The molecule has 1 aliphatic carbocycles. The van der Waals surface area contributed by atoms with E-state index in [1.54, 1.807) is 0 Å². The van der Waals surface area contributed by atoms with E-state index < -0.39 is 4.92 Å². The zero-order valence-electron chi connectivity index (χ0n) is 10.9. The maximum Gasteiger partial charge on any atom is 0.272 e. The van der Waals surface area contributed by atoms with Crippen molar-refractivity contribution in [3.05, 3.63) is 32.3 Å². The topological polar surface area (TPSA) is 66.6 Å². The summed E-state index contributed by atoms with van der Waals surface area (Å²) in [5, 5.41) is 20.4. The molecule has 0 aliphatic heterocycles. The number of benzene rings is 1. The lowest BCUT2D eigenvalue weighted by Gasteiger charge is -2.40. The quantitative estimate of drug-likeness (QED) is 0.642. The molecule has 110 valence electrons. The fraction of sp³-hybridized carbons (Fsp3) is 0.538. The number of aliphatic hydroxyl groups excluding tert-OH is 1. The number of rotatable bonds is 6. The first kappa shape index (κ1) is 15.4. The van der Waals surface area contributed by atoms with Crippen LogP contribution in [0.25, 0.3) is 0 Å². The average molecular weight is 319 g/mol. The van der Waals surface area contributed by atoms with E-state index in [9.17, 15) is 10.1 Å². The molecule has 1 saturated carbocycles. The standard InChI is InChI=1S/C13H16Cl2N2O3/c14-11-7-10(17(19)20)8-12(15)13(11)16(5-2-6-18)9-3-1-4-9/h7-9,18H,1-6H2. The molecule has 1 aliphatic rings. The van der Waals surface area contributed by atoms with E-state index in [0.717, 1.165) is 19.3 Å². The van der Waals surface area contributed by atoms with Crippen LogP contribution in [-0.2, 0) is 0 Å². The van der Waals surface area contributed by atoms with Crippen molar-refractivity contribution in [2.45, 2.75) is 31.7 Å². The Morgan fingerprint density at radius 1 is 1.35 bits per heavy atom. The van der Waals surface area contributed by atoms with Crippen LogP contribution in [0, 0.1) is 10.1 Å². The molecule has 0 spiro atoms. The second-order valence-corrected chi connectivity index (χ2v) is 5.68. The SMILES string of the molecule is O=[N+]([O-])c1cc(Cl)c(N(CCCO)C2CCC2)c(Cl)c1. The van der Waals surface area contributed by atoms with Gasteiger partial charge < -0.3 is 10.0 Å². The summed E-state index contributed by atoms with van der Waals surface area (Å²) in [5.41, 5.74) is 0.525. The molecule has 1 fully saturated rings. The molecule has 0 amide bonds. The molecule has 0 atom stereocenters. The van der Waals surface area contributed by atoms with Crippen LogP contribution < -0.4 is 4.90 Å². The highest BCUT2D eigenvalue weighted by Gasteiger charge is 2.28. The molecule has 7 heteroatoms. The monoisotopic (exact) mass is 318 g/mol. The van der Waals surface area contributed by atoms with Crippen molar-refractivity contribution in [3.63, 3.8) is 0 Å². The van der Waals surface area contributed by atoms with E-state index in [-0.39, 0.29) is 22.3 Å². The van der Waals surface area contributed by atoms with Crippen LogP contribution in [0.15, 0.2) is 12.1 Å². The second kappa shape index (κ2) is 6.61. The van der Waals surface area contributed by atoms with Crippen molar-refractivity contribution in [3.8, 4) is 0 Å². The minimum absolute atomic E-state index is 0.0887. The molecule has 0 unspecified atom stereocenters. The Labute approximate surface area is 127 Å². The first-order chi connectivity index (χ1) is 9.54. The van der Waals surface area contributed by atoms with Gasteiger partial charge >= 0.3 is 0 Å². The molecular weight excluding hydrogens is 303 g/mol. The highest BCUT2D eigenvalue weighted by Crippen LogP contribution is 2.41. The van der Waals surface area contributed by atoms with Crippen LogP contribution >= 0.6 is 23.2 Å². The minimum atomic E-state index is -0.511. The summed E-state index contributed by atoms with van der Waals surface area (Å²) >= 11 is 12.4. The van der Waals surface area contributed by atoms with Crippen molar-refractivity contribution in [1.29, 1.82) is 0 Å². The summed E-state index contributed by atoms with van der Waals surface area (Å²) in [7, 11) is 0. The minimum Gasteiger partial charge on any atom is -0.396 e. The Kier molecular flexibility index (Phi) is 5.07. The van der Waals surface area contributed by atoms with Gasteiger partial charge in [0, 0.05) is 31.3 Å². The third-order valence-corrected chi connectivity index (χ3v) is 4.15. The maximum absolute atomic E-state index is 10.8. The van der Waals surface area contributed by atoms with Gasteiger partial charge in [0.05, 0.1) is 20.7 Å². The number of hydrogen-bond acceptors (Lipinski definition) is 4. The number of halogens is 2. The Hall–Kier alpha value is -1.04. The zero-order valence-corrected chi connectivity index (χ0v) is 12.4. The highest BCUT2D eigenvalue weighted by atomic mass is 35.5. The normalized spacial score (nSPS) is 14.9. The number of non-ortho nitro benzene ring substituents is 1. The van der Waals surface area contributed by atoms with Crippen molar-refractivity contribution >= 4 is 34.6 Å². The molecule has 1 aromatic rings. The van der Waals surface area contributed by atoms with Crippen molar-refractivity contribution in [1.82, 2.24) is 0 Å². The third-order valence-electron chi connectivity index (χ3n) is 3.57. The first-order valence-corrected chi connectivity index (χ1v) is 7.31. The Morgan fingerprint density at radius 2 is 1.95 bits per heavy atom. The van der Waals surface area contributed by atoms with Gasteiger partial charge in [-0.1, -0.05) is 23.2 Å². The van der Waals surface area contributed by atoms with Gasteiger partial charge in [-0.15, -0.1) is 0 Å². The molecule has 0 bridgehead atoms. The number of nitro benzene ring substituents is 1. The number of anilines is 1. The van der Waals surface area contributed by atoms with Gasteiger partial charge in [-0.25, -0.2) is 0 Å². The summed E-state index contributed by atoms with van der Waals surface area (Å²) < 4.78 is 0. The lowest BCUT2D eigenvalue weighted by molar-refractivity contribution is -0.384. The van der Waals surface area contributed by atoms with Gasteiger partial charge in [-0.3, -0.25) is 10.1 Å². The summed E-state index contributed by atoms with van der Waals surface area (Å²) in [5.74, 6) is 0. The summed E-state index contributed by atoms with van der Waals surface area (Å²) in [4.78, 5) is 12.4. The number of aliphatic hydroxyl groups is 1. The summed E-state index contributed by atoms with van der Waals surface area (Å²) in [6, 6.07) is 3.00. The number of nitrogens with zero attached hydrogens (tertiary/aromatic N) is 2. The molecule has 0 aromatic heterocycles. The first-order valence-electron chi connectivity index (χ1n) is 6.55. The van der Waals surface area contributed by atoms with E-state index in [4.69, 9.17) is 28.3 Å². The largest absolute Gasteiger partial charge is 0.396 e. The Bertz CT molecular complexity index is 483. The van der Waals surface area contributed by atoms with Crippen LogP contribution in [0.5, 0.6) is 0 Å². The van der Waals surface area contributed by atoms with Crippen molar-refractivity contribution in [2.24, 2.45) is 0 Å². The van der Waals surface area contributed by atoms with E-state index in [0.29, 0.717) is 24.7 Å². The molecule has 0 radical (unpaired) electrons. The van der Waals surface area contributed by atoms with Gasteiger partial charge in [0.2, 0.25) is 0 Å². The second-order valence-electron chi connectivity index (χ2n) is 4.87. The van der Waals surface area contributed by atoms with Crippen molar-refractivity contribution in [2.75, 3.05) is 18.1 Å². The van der Waals surface area contributed by atoms with Crippen LogP contribution in [0.2, 0.25) is 10.0 Å². The maximum atomic E-state index is 10.8. The summed E-state index contributed by atoms with van der Waals surface area (Å²) in [6.45, 7) is 0.726. The molecule has 0 saturated heterocycles. The molecule has 20 heavy (non-hydrogen) atoms. The fourth-order valence-corrected chi connectivity index (χ4v) is 3.04. The van der Waals surface area contributed by atoms with E-state index >= 15 is 0 Å². The van der Waals surface area contributed by atoms with E-state index in [1.807, 2.05) is 0 Å². The molecule has 0 heterocycles. The Morgan fingerprint density at radius 3 is 2.35 bits per heavy atom. The lowest BCUT2D eigenvalue weighted by Crippen LogP contribution is -2.41. The van der Waals surface area contributed by atoms with Crippen LogP contribution in [-0.4, -0.2) is 29.2 Å². The molecular formula is C13H16Cl2N2O3. The van der Waals surface area contributed by atoms with Crippen LogP contribution in [0.3, 0.4) is 0 Å². The molecule has 1 aromatic carbocycles. The van der Waals surface area contributed by atoms with Gasteiger partial charge in [0.1, 0.15) is 0 Å².